The van der Waals surface area contributed by atoms with Crippen LogP contribution in [0.5, 0.6) is 0 Å². The second kappa shape index (κ2) is 6.76. The van der Waals surface area contributed by atoms with Crippen molar-refractivity contribution in [3.05, 3.63) is 29.6 Å². The fourth-order valence-electron chi connectivity index (χ4n) is 0.702. The quantitative estimate of drug-likeness (QED) is 0.311. The maximum Gasteiger partial charge on any atom is 0.414 e. The molecule has 0 heterocycles. The Hall–Kier alpha value is -2.66. The van der Waals surface area contributed by atoms with Crippen molar-refractivity contribution in [2.24, 2.45) is 5.84 Å². The van der Waals surface area contributed by atoms with Gasteiger partial charge in [-0.15, -0.1) is 0 Å². The molecule has 1 aromatic rings. The number of aliphatic carboxylic acids is 2. The number of nitrogens with one attached hydrogen (secondary N) is 1. The fraction of sp³-hybridized carbons (Fsp3) is 0. The van der Waals surface area contributed by atoms with Crippen molar-refractivity contribution in [1.82, 2.24) is 0 Å². The first-order valence-corrected chi connectivity index (χ1v) is 4.04. The summed E-state index contributed by atoms with van der Waals surface area (Å²) in [4.78, 5) is 18.2. The molecule has 8 heteroatoms. The van der Waals surface area contributed by atoms with Gasteiger partial charge in [0.15, 0.2) is 0 Å². The fourth-order valence-corrected chi connectivity index (χ4v) is 0.702. The molecule has 0 aliphatic rings. The lowest BCUT2D eigenvalue weighted by molar-refractivity contribution is -0.159. The minimum absolute atomic E-state index is 0.184. The molecular weight excluding hydrogens is 233 g/mol. The molecule has 90 valence electrons. The minimum atomic E-state index is -1.82. The van der Waals surface area contributed by atoms with E-state index in [0.29, 0.717) is 0 Å². The van der Waals surface area contributed by atoms with Gasteiger partial charge in [-0.3, -0.25) is 5.84 Å². The van der Waals surface area contributed by atoms with E-state index in [0.717, 1.165) is 6.07 Å². The van der Waals surface area contributed by atoms with Gasteiger partial charge in [-0.2, -0.15) is 5.26 Å². The van der Waals surface area contributed by atoms with E-state index in [1.165, 1.54) is 12.1 Å². The standard InChI is InChI=1S/C7H6FN3.C2H2O4/c8-6-3-5(4-9)1-2-7(6)11-10;3-1(4)2(5)6/h1-3,11H,10H2;(H,3,4)(H,5,6). The Morgan fingerprint density at radius 3 is 2.18 bits per heavy atom. The molecule has 17 heavy (non-hydrogen) atoms. The Labute approximate surface area is 94.9 Å². The highest BCUT2D eigenvalue weighted by atomic mass is 19.1. The summed E-state index contributed by atoms with van der Waals surface area (Å²) >= 11 is 0. The van der Waals surface area contributed by atoms with E-state index in [1.54, 1.807) is 0 Å². The number of nitrogens with two attached hydrogens (primary N) is 1. The molecule has 0 saturated carbocycles. The lowest BCUT2D eigenvalue weighted by Gasteiger charge is -1.99. The summed E-state index contributed by atoms with van der Waals surface area (Å²) in [6.45, 7) is 0. The molecule has 0 amide bonds. The highest BCUT2D eigenvalue weighted by Gasteiger charge is 2.04. The van der Waals surface area contributed by atoms with E-state index >= 15 is 0 Å². The molecule has 1 rings (SSSR count). The van der Waals surface area contributed by atoms with Crippen LogP contribution in [0.4, 0.5) is 10.1 Å². The highest BCUT2D eigenvalue weighted by molar-refractivity contribution is 6.27. The third-order valence-corrected chi connectivity index (χ3v) is 1.44. The van der Waals surface area contributed by atoms with E-state index in [2.05, 4.69) is 5.43 Å². The third-order valence-electron chi connectivity index (χ3n) is 1.44. The number of nitriles is 1. The van der Waals surface area contributed by atoms with Crippen LogP contribution in [0.15, 0.2) is 18.2 Å². The Morgan fingerprint density at radius 2 is 1.88 bits per heavy atom. The van der Waals surface area contributed by atoms with Crippen LogP contribution >= 0.6 is 0 Å². The maximum atomic E-state index is 12.7. The molecule has 5 N–H and O–H groups in total. The summed E-state index contributed by atoms with van der Waals surface area (Å²) < 4.78 is 12.7. The topological polar surface area (TPSA) is 136 Å². The lowest BCUT2D eigenvalue weighted by atomic mass is 10.2. The van der Waals surface area contributed by atoms with Gasteiger partial charge in [0, 0.05) is 0 Å². The molecule has 0 unspecified atom stereocenters. The molecule has 0 spiro atoms. The monoisotopic (exact) mass is 241 g/mol. The van der Waals surface area contributed by atoms with Crippen LogP contribution in [0.1, 0.15) is 5.56 Å². The number of hydrogen-bond acceptors (Lipinski definition) is 5. The first-order valence-electron chi connectivity index (χ1n) is 4.04. The van der Waals surface area contributed by atoms with Crippen LogP contribution in [0.25, 0.3) is 0 Å². The summed E-state index contributed by atoms with van der Waals surface area (Å²) in [6, 6.07) is 5.83. The number of benzene rings is 1. The number of carbonyl (C=O) groups is 2. The highest BCUT2D eigenvalue weighted by Crippen LogP contribution is 2.13. The van der Waals surface area contributed by atoms with Crippen LogP contribution in [0.2, 0.25) is 0 Å². The van der Waals surface area contributed by atoms with Gasteiger partial charge >= 0.3 is 11.9 Å². The number of halogens is 1. The third kappa shape index (κ3) is 5.10. The summed E-state index contributed by atoms with van der Waals surface area (Å²) in [5, 5.41) is 23.1. The molecule has 0 aliphatic heterocycles. The van der Waals surface area contributed by atoms with Crippen molar-refractivity contribution >= 4 is 17.6 Å². The number of carboxylic acids is 2. The zero-order valence-electron chi connectivity index (χ0n) is 8.35. The molecule has 7 nitrogen and oxygen atoms in total. The van der Waals surface area contributed by atoms with E-state index in [-0.39, 0.29) is 11.3 Å². The van der Waals surface area contributed by atoms with Gasteiger partial charge in [0.25, 0.3) is 0 Å². The van der Waals surface area contributed by atoms with Crippen LogP contribution in [0, 0.1) is 17.1 Å². The Kier molecular flexibility index (Phi) is 5.70. The molecule has 0 radical (unpaired) electrons. The number of carboxylic acid groups (broad SMARTS) is 2. The number of nitrogens with zero attached hydrogens (tertiary/aromatic N) is 1. The van der Waals surface area contributed by atoms with Gasteiger partial charge in [0.05, 0.1) is 17.3 Å². The van der Waals surface area contributed by atoms with Crippen LogP contribution in [-0.4, -0.2) is 22.2 Å². The number of nitrogen functional groups attached to an aromatic ring is 1. The van der Waals surface area contributed by atoms with Crippen LogP contribution < -0.4 is 11.3 Å². The average Bonchev–Trinajstić information content (AvgIpc) is 2.29. The summed E-state index contributed by atoms with van der Waals surface area (Å²) in [5.74, 6) is 0.799. The zero-order valence-corrected chi connectivity index (χ0v) is 8.35. The molecule has 0 atom stereocenters. The molecule has 0 saturated heterocycles. The van der Waals surface area contributed by atoms with Crippen LogP contribution in [0.3, 0.4) is 0 Å². The predicted octanol–water partition coefficient (Wildman–Crippen LogP) is 0.139. The second-order valence-corrected chi connectivity index (χ2v) is 2.56. The van der Waals surface area contributed by atoms with E-state index in [1.807, 2.05) is 6.07 Å². The van der Waals surface area contributed by atoms with Gasteiger partial charge in [0.1, 0.15) is 5.82 Å². The smallest absolute Gasteiger partial charge is 0.414 e. The van der Waals surface area contributed by atoms with Gasteiger partial charge in [-0.25, -0.2) is 14.0 Å². The Balaban J connectivity index is 0.000000366. The van der Waals surface area contributed by atoms with Crippen molar-refractivity contribution in [2.45, 2.75) is 0 Å². The van der Waals surface area contributed by atoms with Crippen LogP contribution in [-0.2, 0) is 9.59 Å². The van der Waals surface area contributed by atoms with Crippen molar-refractivity contribution in [3.8, 4) is 6.07 Å². The van der Waals surface area contributed by atoms with E-state index in [9.17, 15) is 4.39 Å². The van der Waals surface area contributed by atoms with Crippen molar-refractivity contribution in [2.75, 3.05) is 5.43 Å². The van der Waals surface area contributed by atoms with Crippen molar-refractivity contribution < 1.29 is 24.2 Å². The van der Waals surface area contributed by atoms with Crippen molar-refractivity contribution in [1.29, 1.82) is 5.26 Å². The normalized spacial score (nSPS) is 8.29. The zero-order chi connectivity index (χ0) is 13.4. The lowest BCUT2D eigenvalue weighted by Crippen LogP contribution is -2.09. The predicted molar refractivity (Wildman–Crippen MR) is 54.2 cm³/mol. The molecule has 1 aromatic carbocycles. The Morgan fingerprint density at radius 1 is 1.35 bits per heavy atom. The Bertz CT molecular complexity index is 458. The van der Waals surface area contributed by atoms with Crippen molar-refractivity contribution in [3.63, 3.8) is 0 Å². The number of hydrogen-bond donors (Lipinski definition) is 4. The minimum Gasteiger partial charge on any atom is -0.473 e. The number of anilines is 1. The van der Waals surface area contributed by atoms with Gasteiger partial charge in [-0.1, -0.05) is 0 Å². The van der Waals surface area contributed by atoms with E-state index in [4.69, 9.17) is 30.9 Å². The van der Waals surface area contributed by atoms with Gasteiger partial charge in [-0.05, 0) is 18.2 Å². The molecule has 0 bridgehead atoms. The summed E-state index contributed by atoms with van der Waals surface area (Å²) in [6.07, 6.45) is 0. The number of rotatable bonds is 1. The van der Waals surface area contributed by atoms with Gasteiger partial charge in [0.2, 0.25) is 0 Å². The molecule has 0 aromatic heterocycles. The van der Waals surface area contributed by atoms with E-state index < -0.39 is 17.8 Å². The average molecular weight is 241 g/mol. The molecular formula is C9H8FN3O4. The maximum absolute atomic E-state index is 12.7. The summed E-state index contributed by atoms with van der Waals surface area (Å²) in [5.41, 5.74) is 2.63. The van der Waals surface area contributed by atoms with Gasteiger partial charge < -0.3 is 15.6 Å². The molecule has 0 aliphatic carbocycles. The molecule has 0 fully saturated rings. The summed E-state index contributed by atoms with van der Waals surface area (Å²) in [7, 11) is 0. The first-order chi connectivity index (χ1) is 7.92. The number of hydrazine groups is 1. The first kappa shape index (κ1) is 14.3. The SMILES string of the molecule is N#Cc1ccc(NN)c(F)c1.O=C(O)C(=O)O. The second-order valence-electron chi connectivity index (χ2n) is 2.56. The largest absolute Gasteiger partial charge is 0.473 e.